The van der Waals surface area contributed by atoms with Crippen molar-refractivity contribution < 1.29 is 0 Å². The molecular formula is C3H6N2S2. The standard InChI is InChI=1S/C3H6N2S2/c6-5-1-2-7-3-4-5/h3,6H,1-2H2. The first-order valence-electron chi connectivity index (χ1n) is 2.00. The molecule has 0 saturated heterocycles. The molecule has 40 valence electrons. The molecule has 0 aromatic carbocycles. The number of hydrogen-bond acceptors (Lipinski definition) is 4. The van der Waals surface area contributed by atoms with Gasteiger partial charge >= 0.3 is 0 Å². The number of hydrazone groups is 1. The lowest BCUT2D eigenvalue weighted by molar-refractivity contribution is 0.545. The molecular weight excluding hydrogens is 128 g/mol. The molecule has 0 bridgehead atoms. The van der Waals surface area contributed by atoms with E-state index in [0.29, 0.717) is 0 Å². The van der Waals surface area contributed by atoms with Crippen LogP contribution in [-0.2, 0) is 0 Å². The maximum Gasteiger partial charge on any atom is 0.0810 e. The zero-order chi connectivity index (χ0) is 5.11. The Balaban J connectivity index is 2.36. The maximum absolute atomic E-state index is 3.98. The second-order valence-electron chi connectivity index (χ2n) is 1.19. The fourth-order valence-corrected chi connectivity index (χ4v) is 1.25. The Morgan fingerprint density at radius 1 is 1.86 bits per heavy atom. The summed E-state index contributed by atoms with van der Waals surface area (Å²) < 4.78 is 1.64. The van der Waals surface area contributed by atoms with Crippen LogP contribution in [0.15, 0.2) is 5.10 Å². The molecule has 1 aliphatic heterocycles. The van der Waals surface area contributed by atoms with Crippen LogP contribution in [0.3, 0.4) is 0 Å². The first kappa shape index (κ1) is 5.31. The maximum atomic E-state index is 3.98. The van der Waals surface area contributed by atoms with Crippen LogP contribution >= 0.6 is 24.6 Å². The van der Waals surface area contributed by atoms with Crippen molar-refractivity contribution in [1.29, 1.82) is 0 Å². The summed E-state index contributed by atoms with van der Waals surface area (Å²) in [5.41, 5.74) is 1.80. The van der Waals surface area contributed by atoms with Gasteiger partial charge in [-0.05, 0) is 12.8 Å². The zero-order valence-electron chi connectivity index (χ0n) is 3.74. The summed E-state index contributed by atoms with van der Waals surface area (Å²) in [5.74, 6) is 1.10. The van der Waals surface area contributed by atoms with Crippen LogP contribution < -0.4 is 0 Å². The molecule has 7 heavy (non-hydrogen) atoms. The minimum atomic E-state index is 0.949. The lowest BCUT2D eigenvalue weighted by Crippen LogP contribution is -2.12. The average molecular weight is 134 g/mol. The minimum absolute atomic E-state index is 0.949. The molecule has 4 heteroatoms. The van der Waals surface area contributed by atoms with Gasteiger partial charge in [0.2, 0.25) is 0 Å². The lowest BCUT2D eigenvalue weighted by atomic mass is 10.8. The Labute approximate surface area is 52.5 Å². The van der Waals surface area contributed by atoms with E-state index in [9.17, 15) is 0 Å². The van der Waals surface area contributed by atoms with Crippen molar-refractivity contribution in [2.24, 2.45) is 5.10 Å². The highest BCUT2D eigenvalue weighted by atomic mass is 32.2. The van der Waals surface area contributed by atoms with Gasteiger partial charge in [0.05, 0.1) is 12.1 Å². The molecule has 0 unspecified atom stereocenters. The highest BCUT2D eigenvalue weighted by Gasteiger charge is 1.96. The van der Waals surface area contributed by atoms with Crippen molar-refractivity contribution in [2.75, 3.05) is 12.3 Å². The topological polar surface area (TPSA) is 15.6 Å². The average Bonchev–Trinajstić information content (AvgIpc) is 1.69. The highest BCUT2D eigenvalue weighted by molar-refractivity contribution is 8.12. The van der Waals surface area contributed by atoms with Gasteiger partial charge in [-0.25, -0.2) is 4.41 Å². The molecule has 0 aromatic heterocycles. The Kier molecular flexibility index (Phi) is 1.87. The van der Waals surface area contributed by atoms with Gasteiger partial charge in [0.25, 0.3) is 0 Å². The second-order valence-corrected chi connectivity index (χ2v) is 2.60. The van der Waals surface area contributed by atoms with Crippen molar-refractivity contribution in [2.45, 2.75) is 0 Å². The number of thioether (sulfide) groups is 1. The van der Waals surface area contributed by atoms with Crippen LogP contribution in [0.5, 0.6) is 0 Å². The molecule has 2 nitrogen and oxygen atoms in total. The van der Waals surface area contributed by atoms with Crippen LogP contribution in [0.25, 0.3) is 0 Å². The lowest BCUT2D eigenvalue weighted by Gasteiger charge is -2.12. The summed E-state index contributed by atoms with van der Waals surface area (Å²) in [6.45, 7) is 0.949. The third kappa shape index (κ3) is 1.61. The van der Waals surface area contributed by atoms with E-state index in [1.54, 1.807) is 21.7 Å². The van der Waals surface area contributed by atoms with E-state index < -0.39 is 0 Å². The minimum Gasteiger partial charge on any atom is -0.241 e. The molecule has 0 amide bonds. The van der Waals surface area contributed by atoms with E-state index in [1.165, 1.54) is 0 Å². The van der Waals surface area contributed by atoms with Gasteiger partial charge in [0.1, 0.15) is 0 Å². The number of rotatable bonds is 0. The van der Waals surface area contributed by atoms with Gasteiger partial charge in [-0.15, -0.1) is 11.8 Å². The van der Waals surface area contributed by atoms with E-state index >= 15 is 0 Å². The predicted octanol–water partition coefficient (Wildman–Crippen LogP) is 0.823. The summed E-state index contributed by atoms with van der Waals surface area (Å²) in [4.78, 5) is 0. The molecule has 0 radical (unpaired) electrons. The van der Waals surface area contributed by atoms with E-state index in [4.69, 9.17) is 0 Å². The quantitative estimate of drug-likeness (QED) is 0.494. The van der Waals surface area contributed by atoms with Crippen LogP contribution in [0, 0.1) is 0 Å². The van der Waals surface area contributed by atoms with Gasteiger partial charge in [0.15, 0.2) is 0 Å². The van der Waals surface area contributed by atoms with Crippen LogP contribution in [0.2, 0.25) is 0 Å². The summed E-state index contributed by atoms with van der Waals surface area (Å²) in [5, 5.41) is 3.87. The fraction of sp³-hybridized carbons (Fsp3) is 0.667. The van der Waals surface area contributed by atoms with Gasteiger partial charge in [0, 0.05) is 5.75 Å². The molecule has 0 spiro atoms. The molecule has 0 saturated carbocycles. The van der Waals surface area contributed by atoms with E-state index in [1.807, 2.05) is 0 Å². The molecule has 0 aromatic rings. The fourth-order valence-electron chi connectivity index (χ4n) is 0.333. The van der Waals surface area contributed by atoms with Gasteiger partial charge < -0.3 is 0 Å². The molecule has 0 atom stereocenters. The third-order valence-corrected chi connectivity index (χ3v) is 1.63. The Bertz CT molecular complexity index is 83.0. The second kappa shape index (κ2) is 2.47. The Morgan fingerprint density at radius 2 is 2.71 bits per heavy atom. The highest BCUT2D eigenvalue weighted by Crippen LogP contribution is 2.06. The molecule has 1 rings (SSSR count). The number of nitrogens with zero attached hydrogens (tertiary/aromatic N) is 2. The molecule has 0 fully saturated rings. The smallest absolute Gasteiger partial charge is 0.0810 e. The Morgan fingerprint density at radius 3 is 3.00 bits per heavy atom. The normalized spacial score (nSPS) is 20.4. The predicted molar refractivity (Wildman–Crippen MR) is 36.6 cm³/mol. The molecule has 0 N–H and O–H groups in total. The van der Waals surface area contributed by atoms with Crippen molar-refractivity contribution in [3.05, 3.63) is 0 Å². The van der Waals surface area contributed by atoms with Crippen molar-refractivity contribution in [1.82, 2.24) is 4.41 Å². The van der Waals surface area contributed by atoms with E-state index in [-0.39, 0.29) is 0 Å². The Hall–Kier alpha value is 0.170. The van der Waals surface area contributed by atoms with Crippen LogP contribution in [-0.4, -0.2) is 22.3 Å². The van der Waals surface area contributed by atoms with Crippen LogP contribution in [0.4, 0.5) is 0 Å². The van der Waals surface area contributed by atoms with Gasteiger partial charge in [-0.3, -0.25) is 0 Å². The van der Waals surface area contributed by atoms with Crippen molar-refractivity contribution >= 4 is 30.1 Å². The monoisotopic (exact) mass is 134 g/mol. The summed E-state index contributed by atoms with van der Waals surface area (Å²) in [6.07, 6.45) is 0. The first-order chi connectivity index (χ1) is 3.39. The first-order valence-corrected chi connectivity index (χ1v) is 3.45. The molecule has 1 heterocycles. The SMILES string of the molecule is SN1CCSC=N1. The van der Waals surface area contributed by atoms with Crippen molar-refractivity contribution in [3.8, 4) is 0 Å². The summed E-state index contributed by atoms with van der Waals surface area (Å²) in [7, 11) is 0. The third-order valence-electron chi connectivity index (χ3n) is 0.664. The summed E-state index contributed by atoms with van der Waals surface area (Å²) >= 11 is 5.70. The largest absolute Gasteiger partial charge is 0.241 e. The van der Waals surface area contributed by atoms with E-state index in [2.05, 4.69) is 17.9 Å². The van der Waals surface area contributed by atoms with Gasteiger partial charge in [-0.1, -0.05) is 0 Å². The van der Waals surface area contributed by atoms with Gasteiger partial charge in [-0.2, -0.15) is 5.10 Å². The number of hydrogen-bond donors (Lipinski definition) is 1. The molecule has 0 aliphatic carbocycles. The number of thiol groups is 1. The van der Waals surface area contributed by atoms with Crippen molar-refractivity contribution in [3.63, 3.8) is 0 Å². The summed E-state index contributed by atoms with van der Waals surface area (Å²) in [6, 6.07) is 0. The van der Waals surface area contributed by atoms with Crippen LogP contribution in [0.1, 0.15) is 0 Å². The zero-order valence-corrected chi connectivity index (χ0v) is 5.45. The van der Waals surface area contributed by atoms with E-state index in [0.717, 1.165) is 12.3 Å². The molecule has 1 aliphatic rings.